The number of hydrogen-bond donors (Lipinski definition) is 2. The molecule has 7 heteroatoms. The van der Waals surface area contributed by atoms with Gasteiger partial charge in [0.2, 0.25) is 5.95 Å². The Labute approximate surface area is 147 Å². The van der Waals surface area contributed by atoms with Crippen molar-refractivity contribution in [2.24, 2.45) is 0 Å². The van der Waals surface area contributed by atoms with Crippen molar-refractivity contribution in [2.75, 3.05) is 32.1 Å². The molecule has 2 N–H and O–H groups in total. The van der Waals surface area contributed by atoms with Gasteiger partial charge in [0.25, 0.3) is 0 Å². The van der Waals surface area contributed by atoms with Crippen LogP contribution < -0.4 is 15.4 Å². The number of rotatable bonds is 6. The Bertz CT molecular complexity index is 695. The molecule has 132 valence electrons. The van der Waals surface area contributed by atoms with E-state index in [0.717, 1.165) is 30.7 Å². The number of hydrogen-bond acceptors (Lipinski definition) is 5. The molecular weight excluding hydrogens is 318 g/mol. The fourth-order valence-corrected chi connectivity index (χ4v) is 3.04. The third-order valence-electron chi connectivity index (χ3n) is 4.24. The molecule has 1 aliphatic rings. The number of nitrogens with zero attached hydrogens (tertiary/aromatic N) is 3. The quantitative estimate of drug-likeness (QED) is 0.789. The molecule has 0 unspecified atom stereocenters. The molecular formula is C18H23N5O2. The van der Waals surface area contributed by atoms with E-state index in [4.69, 9.17) is 4.74 Å². The van der Waals surface area contributed by atoms with Gasteiger partial charge in [-0.15, -0.1) is 0 Å². The Morgan fingerprint density at radius 2 is 2.12 bits per heavy atom. The minimum absolute atomic E-state index is 0.0406. The summed E-state index contributed by atoms with van der Waals surface area (Å²) in [4.78, 5) is 22.6. The first-order valence-corrected chi connectivity index (χ1v) is 8.47. The molecule has 0 spiro atoms. The number of methoxy groups -OCH3 is 1. The highest BCUT2D eigenvalue weighted by molar-refractivity contribution is 5.75. The van der Waals surface area contributed by atoms with Crippen LogP contribution in [0.4, 0.5) is 10.7 Å². The van der Waals surface area contributed by atoms with Crippen molar-refractivity contribution in [1.82, 2.24) is 20.2 Å². The van der Waals surface area contributed by atoms with Gasteiger partial charge >= 0.3 is 6.03 Å². The number of carbonyl (C=O) groups is 1. The molecule has 1 aliphatic heterocycles. The number of urea groups is 1. The summed E-state index contributed by atoms with van der Waals surface area (Å²) in [6.07, 6.45) is 5.33. The second-order valence-electron chi connectivity index (χ2n) is 5.86. The van der Waals surface area contributed by atoms with Crippen LogP contribution in [0.15, 0.2) is 42.7 Å². The highest BCUT2D eigenvalue weighted by atomic mass is 16.5. The van der Waals surface area contributed by atoms with Gasteiger partial charge in [-0.25, -0.2) is 14.8 Å². The number of carbonyl (C=O) groups excluding carboxylic acids is 1. The molecule has 3 rings (SSSR count). The summed E-state index contributed by atoms with van der Waals surface area (Å²) in [6, 6.07) is 9.75. The standard InChI is InChI=1S/C18H23N5O2/c1-25-15-6-2-5-14(13-15)16-7-3-12-23(16)18(24)22-11-10-21-17-19-8-4-9-20-17/h2,4-6,8-9,13,16H,3,7,10-12H2,1H3,(H,22,24)(H,19,20,21)/t16-/m0/s1. The van der Waals surface area contributed by atoms with E-state index in [0.29, 0.717) is 19.0 Å². The van der Waals surface area contributed by atoms with Gasteiger partial charge in [0, 0.05) is 32.0 Å². The van der Waals surface area contributed by atoms with Crippen LogP contribution in [0.2, 0.25) is 0 Å². The fraction of sp³-hybridized carbons (Fsp3) is 0.389. The zero-order chi connectivity index (χ0) is 17.5. The lowest BCUT2D eigenvalue weighted by Gasteiger charge is -2.25. The summed E-state index contributed by atoms with van der Waals surface area (Å²) in [5, 5.41) is 6.04. The van der Waals surface area contributed by atoms with E-state index < -0.39 is 0 Å². The number of aromatic nitrogens is 2. The molecule has 2 aromatic rings. The summed E-state index contributed by atoms with van der Waals surface area (Å²) in [5.74, 6) is 1.38. The third-order valence-corrected chi connectivity index (χ3v) is 4.24. The molecule has 1 saturated heterocycles. The average Bonchev–Trinajstić information content (AvgIpc) is 3.16. The van der Waals surface area contributed by atoms with Gasteiger partial charge in [-0.3, -0.25) is 0 Å². The summed E-state index contributed by atoms with van der Waals surface area (Å²) in [7, 11) is 1.65. The fourth-order valence-electron chi connectivity index (χ4n) is 3.04. The van der Waals surface area contributed by atoms with Gasteiger partial charge in [-0.2, -0.15) is 0 Å². The van der Waals surface area contributed by atoms with Crippen molar-refractivity contribution in [1.29, 1.82) is 0 Å². The van der Waals surface area contributed by atoms with Crippen LogP contribution in [-0.4, -0.2) is 47.6 Å². The largest absolute Gasteiger partial charge is 0.497 e. The highest BCUT2D eigenvalue weighted by Crippen LogP contribution is 2.33. The van der Waals surface area contributed by atoms with Gasteiger partial charge in [0.1, 0.15) is 5.75 Å². The van der Waals surface area contributed by atoms with Crippen LogP contribution in [-0.2, 0) is 0 Å². The third kappa shape index (κ3) is 4.37. The van der Waals surface area contributed by atoms with E-state index in [2.05, 4.69) is 20.6 Å². The lowest BCUT2D eigenvalue weighted by atomic mass is 10.0. The molecule has 2 amide bonds. The van der Waals surface area contributed by atoms with Crippen molar-refractivity contribution in [2.45, 2.75) is 18.9 Å². The van der Waals surface area contributed by atoms with Gasteiger partial charge in [0.15, 0.2) is 0 Å². The number of benzene rings is 1. The topological polar surface area (TPSA) is 79.4 Å². The smallest absolute Gasteiger partial charge is 0.317 e. The molecule has 0 radical (unpaired) electrons. The zero-order valence-corrected chi connectivity index (χ0v) is 14.3. The second-order valence-corrected chi connectivity index (χ2v) is 5.86. The molecule has 0 aliphatic carbocycles. The summed E-state index contributed by atoms with van der Waals surface area (Å²) in [5.41, 5.74) is 1.11. The van der Waals surface area contributed by atoms with Gasteiger partial charge < -0.3 is 20.3 Å². The molecule has 1 aromatic heterocycles. The van der Waals surface area contributed by atoms with E-state index >= 15 is 0 Å². The SMILES string of the molecule is COc1cccc([C@@H]2CCCN2C(=O)NCCNc2ncccn2)c1. The minimum Gasteiger partial charge on any atom is -0.497 e. The van der Waals surface area contributed by atoms with E-state index in [1.165, 1.54) is 0 Å². The number of nitrogens with one attached hydrogen (secondary N) is 2. The van der Waals surface area contributed by atoms with Crippen molar-refractivity contribution >= 4 is 12.0 Å². The summed E-state index contributed by atoms with van der Waals surface area (Å²) >= 11 is 0. The van der Waals surface area contributed by atoms with E-state index in [-0.39, 0.29) is 12.1 Å². The lowest BCUT2D eigenvalue weighted by Crippen LogP contribution is -2.41. The maximum Gasteiger partial charge on any atom is 0.317 e. The molecule has 1 atom stereocenters. The van der Waals surface area contributed by atoms with Crippen LogP contribution in [0.3, 0.4) is 0 Å². The van der Waals surface area contributed by atoms with Crippen LogP contribution >= 0.6 is 0 Å². The van der Waals surface area contributed by atoms with Crippen molar-refractivity contribution in [3.8, 4) is 5.75 Å². The monoisotopic (exact) mass is 341 g/mol. The predicted octanol–water partition coefficient (Wildman–Crippen LogP) is 2.44. The highest BCUT2D eigenvalue weighted by Gasteiger charge is 2.29. The van der Waals surface area contributed by atoms with E-state index in [1.807, 2.05) is 29.2 Å². The Morgan fingerprint density at radius 1 is 1.28 bits per heavy atom. The number of ether oxygens (including phenoxy) is 1. The Kier molecular flexibility index (Phi) is 5.66. The van der Waals surface area contributed by atoms with Crippen LogP contribution in [0.1, 0.15) is 24.4 Å². The molecule has 7 nitrogen and oxygen atoms in total. The first kappa shape index (κ1) is 17.0. The Morgan fingerprint density at radius 3 is 2.92 bits per heavy atom. The van der Waals surface area contributed by atoms with Crippen molar-refractivity contribution < 1.29 is 9.53 Å². The predicted molar refractivity (Wildman–Crippen MR) is 95.6 cm³/mol. The van der Waals surface area contributed by atoms with Crippen LogP contribution in [0.5, 0.6) is 5.75 Å². The molecule has 25 heavy (non-hydrogen) atoms. The molecule has 2 heterocycles. The Balaban J connectivity index is 1.52. The van der Waals surface area contributed by atoms with Gasteiger partial charge in [-0.1, -0.05) is 12.1 Å². The number of likely N-dealkylation sites (tertiary alicyclic amines) is 1. The number of amides is 2. The van der Waals surface area contributed by atoms with Gasteiger partial charge in [0.05, 0.1) is 13.2 Å². The van der Waals surface area contributed by atoms with Crippen LogP contribution in [0, 0.1) is 0 Å². The van der Waals surface area contributed by atoms with Crippen molar-refractivity contribution in [3.63, 3.8) is 0 Å². The first-order chi connectivity index (χ1) is 12.3. The average molecular weight is 341 g/mol. The summed E-state index contributed by atoms with van der Waals surface area (Å²) in [6.45, 7) is 1.86. The maximum absolute atomic E-state index is 12.5. The normalized spacial score (nSPS) is 16.5. The zero-order valence-electron chi connectivity index (χ0n) is 14.3. The molecule has 0 saturated carbocycles. The Hall–Kier alpha value is -2.83. The lowest BCUT2D eigenvalue weighted by molar-refractivity contribution is 0.193. The number of anilines is 1. The molecule has 1 aromatic carbocycles. The molecule has 0 bridgehead atoms. The van der Waals surface area contributed by atoms with Gasteiger partial charge in [-0.05, 0) is 36.6 Å². The first-order valence-electron chi connectivity index (χ1n) is 8.47. The molecule has 1 fully saturated rings. The van der Waals surface area contributed by atoms with E-state index in [1.54, 1.807) is 25.6 Å². The van der Waals surface area contributed by atoms with Crippen molar-refractivity contribution in [3.05, 3.63) is 48.3 Å². The maximum atomic E-state index is 12.5. The second kappa shape index (κ2) is 8.32. The van der Waals surface area contributed by atoms with E-state index in [9.17, 15) is 4.79 Å². The summed E-state index contributed by atoms with van der Waals surface area (Å²) < 4.78 is 5.29. The van der Waals surface area contributed by atoms with Crippen LogP contribution in [0.25, 0.3) is 0 Å². The minimum atomic E-state index is -0.0406.